The number of Topliss-reactive ketones (excluding diaryl/α,β-unsaturated/α-hetero) is 1. The summed E-state index contributed by atoms with van der Waals surface area (Å²) in [6, 6.07) is 12.3. The van der Waals surface area contributed by atoms with Gasteiger partial charge < -0.3 is 13.9 Å². The van der Waals surface area contributed by atoms with Gasteiger partial charge in [-0.25, -0.2) is 4.79 Å². The number of hydrogen-bond acceptors (Lipinski definition) is 5. The van der Waals surface area contributed by atoms with E-state index in [0.29, 0.717) is 22.6 Å². The quantitative estimate of drug-likeness (QED) is 0.507. The van der Waals surface area contributed by atoms with Gasteiger partial charge in [-0.1, -0.05) is 0 Å². The van der Waals surface area contributed by atoms with Crippen LogP contribution in [0.1, 0.15) is 34.3 Å². The molecule has 0 fully saturated rings. The van der Waals surface area contributed by atoms with Crippen molar-refractivity contribution in [2.24, 2.45) is 0 Å². The van der Waals surface area contributed by atoms with E-state index >= 15 is 0 Å². The Hall–Kier alpha value is -3.08. The lowest BCUT2D eigenvalue weighted by atomic mass is 9.91. The minimum Gasteiger partial charge on any atom is -0.497 e. The van der Waals surface area contributed by atoms with Crippen molar-refractivity contribution >= 4 is 16.8 Å². The van der Waals surface area contributed by atoms with Crippen LogP contribution in [0, 0.1) is 0 Å². The number of carbonyl (C=O) groups is 1. The van der Waals surface area contributed by atoms with E-state index in [9.17, 15) is 9.59 Å². The van der Waals surface area contributed by atoms with Crippen molar-refractivity contribution < 1.29 is 18.7 Å². The molecular formula is C22H20O5. The Balaban J connectivity index is 1.54. The van der Waals surface area contributed by atoms with Gasteiger partial charge in [0.25, 0.3) is 0 Å². The van der Waals surface area contributed by atoms with Gasteiger partial charge in [0.2, 0.25) is 0 Å². The fraction of sp³-hybridized carbons (Fsp3) is 0.273. The molecule has 0 amide bonds. The second kappa shape index (κ2) is 7.27. The monoisotopic (exact) mass is 364 g/mol. The first-order chi connectivity index (χ1) is 13.2. The number of carbonyl (C=O) groups excluding carboxylic acids is 1. The Morgan fingerprint density at radius 1 is 1.00 bits per heavy atom. The zero-order chi connectivity index (χ0) is 18.8. The molecule has 0 saturated carbocycles. The molecule has 4 rings (SSSR count). The summed E-state index contributed by atoms with van der Waals surface area (Å²) in [6.45, 7) is -0.0903. The number of ether oxygens (including phenoxy) is 2. The van der Waals surface area contributed by atoms with E-state index in [1.807, 2.05) is 12.1 Å². The molecule has 138 valence electrons. The van der Waals surface area contributed by atoms with Crippen LogP contribution in [0.15, 0.2) is 51.7 Å². The number of benzene rings is 2. The molecule has 0 aliphatic heterocycles. The van der Waals surface area contributed by atoms with Crippen molar-refractivity contribution in [2.75, 3.05) is 13.7 Å². The van der Waals surface area contributed by atoms with E-state index < -0.39 is 0 Å². The first-order valence-corrected chi connectivity index (χ1v) is 9.04. The molecule has 0 N–H and O–H groups in total. The summed E-state index contributed by atoms with van der Waals surface area (Å²) < 4.78 is 16.2. The van der Waals surface area contributed by atoms with Gasteiger partial charge in [0, 0.05) is 22.6 Å². The van der Waals surface area contributed by atoms with Crippen LogP contribution >= 0.6 is 0 Å². The molecule has 0 spiro atoms. The summed E-state index contributed by atoms with van der Waals surface area (Å²) >= 11 is 0. The first kappa shape index (κ1) is 17.3. The van der Waals surface area contributed by atoms with Crippen LogP contribution in [0.3, 0.4) is 0 Å². The topological polar surface area (TPSA) is 65.7 Å². The molecule has 0 atom stereocenters. The Morgan fingerprint density at radius 2 is 1.70 bits per heavy atom. The van der Waals surface area contributed by atoms with Gasteiger partial charge in [0.15, 0.2) is 12.4 Å². The summed E-state index contributed by atoms with van der Waals surface area (Å²) in [6.07, 6.45) is 3.79. The minimum absolute atomic E-state index is 0.0903. The van der Waals surface area contributed by atoms with Crippen LogP contribution in [-0.2, 0) is 12.8 Å². The predicted molar refractivity (Wildman–Crippen MR) is 102 cm³/mol. The molecule has 0 saturated heterocycles. The van der Waals surface area contributed by atoms with Gasteiger partial charge in [-0.05, 0) is 67.6 Å². The van der Waals surface area contributed by atoms with E-state index in [0.717, 1.165) is 42.2 Å². The average Bonchev–Trinajstić information content (AvgIpc) is 2.72. The van der Waals surface area contributed by atoms with E-state index in [1.165, 1.54) is 0 Å². The molecule has 27 heavy (non-hydrogen) atoms. The number of hydrogen-bond donors (Lipinski definition) is 0. The van der Waals surface area contributed by atoms with Gasteiger partial charge in [-0.15, -0.1) is 0 Å². The molecule has 0 bridgehead atoms. The van der Waals surface area contributed by atoms with E-state index in [-0.39, 0.29) is 18.0 Å². The van der Waals surface area contributed by atoms with Crippen molar-refractivity contribution in [3.63, 3.8) is 0 Å². The Labute approximate surface area is 156 Å². The fourth-order valence-corrected chi connectivity index (χ4v) is 3.52. The molecule has 5 heteroatoms. The molecule has 3 aromatic rings. The SMILES string of the molecule is COc1ccc(C(=O)COc2ccc3c4c(c(=O)oc3c2)CCCC4)cc1. The molecule has 1 aliphatic carbocycles. The molecule has 1 aromatic heterocycles. The van der Waals surface area contributed by atoms with Gasteiger partial charge in [-0.3, -0.25) is 4.79 Å². The van der Waals surface area contributed by atoms with Crippen molar-refractivity contribution in [3.05, 3.63) is 69.6 Å². The first-order valence-electron chi connectivity index (χ1n) is 9.04. The molecule has 5 nitrogen and oxygen atoms in total. The normalized spacial score (nSPS) is 13.2. The lowest BCUT2D eigenvalue weighted by Crippen LogP contribution is -2.16. The summed E-state index contributed by atoms with van der Waals surface area (Å²) in [5, 5.41) is 0.957. The predicted octanol–water partition coefficient (Wildman–Crippen LogP) is 3.94. The van der Waals surface area contributed by atoms with E-state index in [1.54, 1.807) is 37.4 Å². The van der Waals surface area contributed by atoms with E-state index in [4.69, 9.17) is 13.9 Å². The van der Waals surface area contributed by atoms with E-state index in [2.05, 4.69) is 0 Å². The molecule has 1 heterocycles. The van der Waals surface area contributed by atoms with Crippen molar-refractivity contribution in [3.8, 4) is 11.5 Å². The van der Waals surface area contributed by atoms with Crippen molar-refractivity contribution in [1.29, 1.82) is 0 Å². The Morgan fingerprint density at radius 3 is 2.44 bits per heavy atom. The number of fused-ring (bicyclic) bond motifs is 3. The highest BCUT2D eigenvalue weighted by Gasteiger charge is 2.18. The third-order valence-corrected chi connectivity index (χ3v) is 4.98. The van der Waals surface area contributed by atoms with Crippen molar-refractivity contribution in [1.82, 2.24) is 0 Å². The van der Waals surface area contributed by atoms with Crippen LogP contribution in [0.2, 0.25) is 0 Å². The van der Waals surface area contributed by atoms with Crippen LogP contribution in [0.25, 0.3) is 11.0 Å². The zero-order valence-corrected chi connectivity index (χ0v) is 15.1. The number of methoxy groups -OCH3 is 1. The maximum Gasteiger partial charge on any atom is 0.339 e. The maximum atomic E-state index is 12.3. The van der Waals surface area contributed by atoms with Crippen LogP contribution in [-0.4, -0.2) is 19.5 Å². The summed E-state index contributed by atoms with van der Waals surface area (Å²) in [5.74, 6) is 1.06. The molecule has 0 radical (unpaired) electrons. The Kier molecular flexibility index (Phi) is 4.67. The number of ketones is 1. The second-order valence-corrected chi connectivity index (χ2v) is 6.65. The zero-order valence-electron chi connectivity index (χ0n) is 15.1. The molecule has 0 unspecified atom stereocenters. The highest BCUT2D eigenvalue weighted by Crippen LogP contribution is 2.29. The lowest BCUT2D eigenvalue weighted by Gasteiger charge is -2.16. The van der Waals surface area contributed by atoms with Crippen LogP contribution in [0.5, 0.6) is 11.5 Å². The highest BCUT2D eigenvalue weighted by atomic mass is 16.5. The highest BCUT2D eigenvalue weighted by molar-refractivity contribution is 5.97. The minimum atomic E-state index is -0.261. The molecule has 1 aliphatic rings. The van der Waals surface area contributed by atoms with Gasteiger partial charge >= 0.3 is 5.63 Å². The largest absolute Gasteiger partial charge is 0.497 e. The molecular weight excluding hydrogens is 344 g/mol. The smallest absolute Gasteiger partial charge is 0.339 e. The third kappa shape index (κ3) is 3.45. The molecule has 2 aromatic carbocycles. The van der Waals surface area contributed by atoms with Crippen LogP contribution in [0.4, 0.5) is 0 Å². The number of aryl methyl sites for hydroxylation is 1. The fourth-order valence-electron chi connectivity index (χ4n) is 3.52. The van der Waals surface area contributed by atoms with Gasteiger partial charge in [-0.2, -0.15) is 0 Å². The Bertz CT molecular complexity index is 1050. The van der Waals surface area contributed by atoms with Gasteiger partial charge in [0.1, 0.15) is 17.1 Å². The third-order valence-electron chi connectivity index (χ3n) is 4.98. The summed E-state index contributed by atoms with van der Waals surface area (Å²) in [7, 11) is 1.58. The average molecular weight is 364 g/mol. The number of rotatable bonds is 5. The van der Waals surface area contributed by atoms with Gasteiger partial charge in [0.05, 0.1) is 7.11 Å². The summed E-state index contributed by atoms with van der Waals surface area (Å²) in [4.78, 5) is 24.5. The van der Waals surface area contributed by atoms with Crippen LogP contribution < -0.4 is 15.1 Å². The second-order valence-electron chi connectivity index (χ2n) is 6.65. The maximum absolute atomic E-state index is 12.3. The summed E-state index contributed by atoms with van der Waals surface area (Å²) in [5.41, 5.74) is 2.70. The standard InChI is InChI=1S/C22H20O5/c1-25-15-8-6-14(7-9-15)20(23)13-26-16-10-11-18-17-4-2-3-5-19(17)22(24)27-21(18)12-16/h6-12H,2-5,13H2,1H3. The lowest BCUT2D eigenvalue weighted by molar-refractivity contribution is 0.0921. The van der Waals surface area contributed by atoms with Crippen molar-refractivity contribution in [2.45, 2.75) is 25.7 Å².